The Labute approximate surface area is 183 Å². The SMILES string of the molecule is COC(=O)C(Cc1c(Br)[nH]c2ccccc12)N=C(c1ccccc1)c1ccccc1. The number of fused-ring (bicyclic) bond motifs is 1. The van der Waals surface area contributed by atoms with Gasteiger partial charge in [0.1, 0.15) is 0 Å². The van der Waals surface area contributed by atoms with E-state index in [9.17, 15) is 4.79 Å². The Morgan fingerprint density at radius 2 is 1.50 bits per heavy atom. The lowest BCUT2D eigenvalue weighted by Gasteiger charge is -2.15. The van der Waals surface area contributed by atoms with Gasteiger partial charge in [-0.2, -0.15) is 0 Å². The van der Waals surface area contributed by atoms with Gasteiger partial charge in [-0.05, 0) is 27.6 Å². The number of para-hydroxylation sites is 1. The number of nitrogens with zero attached hydrogens (tertiary/aromatic N) is 1. The van der Waals surface area contributed by atoms with Gasteiger partial charge >= 0.3 is 5.97 Å². The minimum absolute atomic E-state index is 0.364. The fraction of sp³-hybridized carbons (Fsp3) is 0.120. The van der Waals surface area contributed by atoms with Gasteiger partial charge in [-0.1, -0.05) is 78.9 Å². The van der Waals surface area contributed by atoms with E-state index in [0.29, 0.717) is 6.42 Å². The van der Waals surface area contributed by atoms with Crippen molar-refractivity contribution in [2.45, 2.75) is 12.5 Å². The van der Waals surface area contributed by atoms with Crippen molar-refractivity contribution in [1.82, 2.24) is 4.98 Å². The molecule has 150 valence electrons. The minimum Gasteiger partial charge on any atom is -0.467 e. The Balaban J connectivity index is 1.81. The molecular formula is C25H21BrN2O2. The zero-order valence-electron chi connectivity index (χ0n) is 16.5. The number of ether oxygens (including phenoxy) is 1. The van der Waals surface area contributed by atoms with Gasteiger partial charge in [0.2, 0.25) is 0 Å². The molecule has 1 N–H and O–H groups in total. The summed E-state index contributed by atoms with van der Waals surface area (Å²) >= 11 is 3.61. The number of carbonyl (C=O) groups is 1. The van der Waals surface area contributed by atoms with Crippen molar-refractivity contribution in [1.29, 1.82) is 0 Å². The largest absolute Gasteiger partial charge is 0.467 e. The summed E-state index contributed by atoms with van der Waals surface area (Å²) in [4.78, 5) is 21.0. The number of halogens is 1. The molecule has 4 aromatic rings. The first-order valence-electron chi connectivity index (χ1n) is 9.69. The average molecular weight is 461 g/mol. The molecule has 0 saturated carbocycles. The standard InChI is InChI=1S/C25H21BrN2O2/c1-30-25(29)22(16-20-19-14-8-9-15-21(19)28-24(20)26)27-23(17-10-4-2-5-11-17)18-12-6-3-7-13-18/h2-15,22,28H,16H2,1H3. The number of hydrogen-bond acceptors (Lipinski definition) is 3. The van der Waals surface area contributed by atoms with Crippen LogP contribution in [0.3, 0.4) is 0 Å². The van der Waals surface area contributed by atoms with Gasteiger partial charge in [0.25, 0.3) is 0 Å². The topological polar surface area (TPSA) is 54.5 Å². The van der Waals surface area contributed by atoms with Crippen LogP contribution in [0.25, 0.3) is 10.9 Å². The van der Waals surface area contributed by atoms with Crippen molar-refractivity contribution in [2.75, 3.05) is 7.11 Å². The third-order valence-electron chi connectivity index (χ3n) is 5.01. The van der Waals surface area contributed by atoms with Crippen molar-refractivity contribution in [3.8, 4) is 0 Å². The highest BCUT2D eigenvalue weighted by Crippen LogP contribution is 2.28. The second kappa shape index (κ2) is 9.09. The van der Waals surface area contributed by atoms with E-state index in [1.54, 1.807) is 0 Å². The molecule has 0 aliphatic heterocycles. The fourth-order valence-corrected chi connectivity index (χ4v) is 4.13. The number of hydrogen-bond donors (Lipinski definition) is 1. The van der Waals surface area contributed by atoms with E-state index in [1.807, 2.05) is 84.9 Å². The van der Waals surface area contributed by atoms with Gasteiger partial charge in [-0.3, -0.25) is 4.99 Å². The van der Waals surface area contributed by atoms with E-state index in [4.69, 9.17) is 9.73 Å². The molecule has 0 aliphatic rings. The molecule has 0 fully saturated rings. The summed E-state index contributed by atoms with van der Waals surface area (Å²) in [5, 5.41) is 1.06. The van der Waals surface area contributed by atoms with E-state index in [2.05, 4.69) is 20.9 Å². The van der Waals surface area contributed by atoms with Crippen molar-refractivity contribution in [3.63, 3.8) is 0 Å². The van der Waals surface area contributed by atoms with Gasteiger partial charge in [0.15, 0.2) is 6.04 Å². The quantitative estimate of drug-likeness (QED) is 0.302. The summed E-state index contributed by atoms with van der Waals surface area (Å²) in [6.07, 6.45) is 0.417. The summed E-state index contributed by atoms with van der Waals surface area (Å²) in [7, 11) is 1.40. The van der Waals surface area contributed by atoms with Gasteiger partial charge in [0.05, 0.1) is 17.4 Å². The van der Waals surface area contributed by atoms with Crippen molar-refractivity contribution in [2.24, 2.45) is 4.99 Å². The number of H-pyrrole nitrogens is 1. The van der Waals surface area contributed by atoms with Crippen molar-refractivity contribution >= 4 is 38.5 Å². The summed E-state index contributed by atoms with van der Waals surface area (Å²) in [6, 6.07) is 27.2. The molecule has 0 bridgehead atoms. The van der Waals surface area contributed by atoms with Gasteiger partial charge in [-0.25, -0.2) is 4.79 Å². The number of benzene rings is 3. The maximum absolute atomic E-state index is 12.7. The van der Waals surface area contributed by atoms with Crippen LogP contribution in [0.1, 0.15) is 16.7 Å². The van der Waals surface area contributed by atoms with Gasteiger partial charge in [-0.15, -0.1) is 0 Å². The predicted molar refractivity (Wildman–Crippen MR) is 124 cm³/mol. The molecule has 4 rings (SSSR count). The normalized spacial score (nSPS) is 11.8. The highest BCUT2D eigenvalue weighted by molar-refractivity contribution is 9.10. The zero-order chi connectivity index (χ0) is 20.9. The Kier molecular flexibility index (Phi) is 6.10. The van der Waals surface area contributed by atoms with E-state index in [-0.39, 0.29) is 5.97 Å². The van der Waals surface area contributed by atoms with E-state index >= 15 is 0 Å². The maximum atomic E-state index is 12.7. The maximum Gasteiger partial charge on any atom is 0.330 e. The second-order valence-corrected chi connectivity index (χ2v) is 7.71. The first kappa shape index (κ1) is 20.1. The average Bonchev–Trinajstić information content (AvgIpc) is 3.12. The molecule has 0 saturated heterocycles. The van der Waals surface area contributed by atoms with Crippen LogP contribution in [0.5, 0.6) is 0 Å². The lowest BCUT2D eigenvalue weighted by atomic mass is 10.0. The first-order chi connectivity index (χ1) is 14.7. The van der Waals surface area contributed by atoms with E-state index in [0.717, 1.165) is 37.9 Å². The lowest BCUT2D eigenvalue weighted by molar-refractivity contribution is -0.142. The molecule has 5 heteroatoms. The molecule has 30 heavy (non-hydrogen) atoms. The van der Waals surface area contributed by atoms with E-state index < -0.39 is 6.04 Å². The Morgan fingerprint density at radius 1 is 0.933 bits per heavy atom. The van der Waals surface area contributed by atoms with Crippen LogP contribution in [-0.4, -0.2) is 29.8 Å². The summed E-state index contributed by atoms with van der Waals surface area (Å²) < 4.78 is 5.97. The van der Waals surface area contributed by atoms with Crippen LogP contribution in [0.15, 0.2) is 94.5 Å². The molecular weight excluding hydrogens is 440 g/mol. The predicted octanol–water partition coefficient (Wildman–Crippen LogP) is 5.55. The number of methoxy groups -OCH3 is 1. The molecule has 4 nitrogen and oxygen atoms in total. The highest BCUT2D eigenvalue weighted by atomic mass is 79.9. The number of rotatable bonds is 6. The molecule has 1 heterocycles. The number of nitrogens with one attached hydrogen (secondary N) is 1. The lowest BCUT2D eigenvalue weighted by Crippen LogP contribution is -2.25. The Hall–Kier alpha value is -3.18. The third-order valence-corrected chi connectivity index (χ3v) is 5.69. The molecule has 3 aromatic carbocycles. The zero-order valence-corrected chi connectivity index (χ0v) is 18.1. The number of aromatic amines is 1. The van der Waals surface area contributed by atoms with Crippen LogP contribution >= 0.6 is 15.9 Å². The van der Waals surface area contributed by atoms with Crippen LogP contribution in [0, 0.1) is 0 Å². The fourth-order valence-electron chi connectivity index (χ4n) is 3.54. The number of aliphatic imine (C=N–C) groups is 1. The monoisotopic (exact) mass is 460 g/mol. The van der Waals surface area contributed by atoms with Crippen LogP contribution in [-0.2, 0) is 16.0 Å². The van der Waals surface area contributed by atoms with Gasteiger partial charge in [0, 0.05) is 28.5 Å². The van der Waals surface area contributed by atoms with Crippen molar-refractivity contribution in [3.05, 3.63) is 106 Å². The molecule has 0 aliphatic carbocycles. The number of carbonyl (C=O) groups excluding carboxylic acids is 1. The van der Waals surface area contributed by atoms with Crippen molar-refractivity contribution < 1.29 is 9.53 Å². The first-order valence-corrected chi connectivity index (χ1v) is 10.5. The minimum atomic E-state index is -0.680. The van der Waals surface area contributed by atoms with E-state index in [1.165, 1.54) is 7.11 Å². The molecule has 1 unspecified atom stereocenters. The Morgan fingerprint density at radius 3 is 2.10 bits per heavy atom. The second-order valence-electron chi connectivity index (χ2n) is 6.92. The molecule has 0 radical (unpaired) electrons. The summed E-state index contributed by atoms with van der Waals surface area (Å²) in [5.41, 5.74) is 4.69. The number of esters is 1. The molecule has 0 spiro atoms. The smallest absolute Gasteiger partial charge is 0.330 e. The Bertz CT molecular complexity index is 1140. The summed E-state index contributed by atoms with van der Waals surface area (Å²) in [6.45, 7) is 0. The number of aromatic nitrogens is 1. The van der Waals surface area contributed by atoms with Crippen LogP contribution in [0.2, 0.25) is 0 Å². The molecule has 0 amide bonds. The highest BCUT2D eigenvalue weighted by Gasteiger charge is 2.24. The van der Waals surface area contributed by atoms with Gasteiger partial charge < -0.3 is 9.72 Å². The summed E-state index contributed by atoms with van der Waals surface area (Å²) in [5.74, 6) is -0.364. The third kappa shape index (κ3) is 4.21. The molecule has 1 aromatic heterocycles. The molecule has 1 atom stereocenters. The van der Waals surface area contributed by atoms with Crippen LogP contribution < -0.4 is 0 Å². The van der Waals surface area contributed by atoms with Crippen LogP contribution in [0.4, 0.5) is 0 Å².